The Labute approximate surface area is 163 Å². The third-order valence-corrected chi connectivity index (χ3v) is 7.16. The van der Waals surface area contributed by atoms with Gasteiger partial charge in [-0.15, -0.1) is 0 Å². The van der Waals surface area contributed by atoms with Gasteiger partial charge in [-0.2, -0.15) is 4.31 Å². The molecule has 1 N–H and O–H groups in total. The van der Waals surface area contributed by atoms with E-state index in [-0.39, 0.29) is 16.7 Å². The first-order valence-electron chi connectivity index (χ1n) is 9.60. The number of carbonyl (C=O) groups excluding carboxylic acids is 1. The molecule has 0 aromatic heterocycles. The van der Waals surface area contributed by atoms with Crippen molar-refractivity contribution in [1.82, 2.24) is 9.62 Å². The van der Waals surface area contributed by atoms with E-state index in [9.17, 15) is 13.2 Å². The second kappa shape index (κ2) is 9.06. The van der Waals surface area contributed by atoms with E-state index in [1.165, 1.54) is 11.4 Å². The summed E-state index contributed by atoms with van der Waals surface area (Å²) in [7, 11) is -2.16. The van der Waals surface area contributed by atoms with Crippen LogP contribution in [0, 0.1) is 25.7 Å². The largest absolute Gasteiger partial charge is 0.495 e. The molecule has 152 valence electrons. The van der Waals surface area contributed by atoms with E-state index in [1.807, 2.05) is 13.8 Å². The van der Waals surface area contributed by atoms with E-state index in [1.54, 1.807) is 12.1 Å². The van der Waals surface area contributed by atoms with Crippen LogP contribution in [0.25, 0.3) is 0 Å². The maximum atomic E-state index is 13.1. The lowest BCUT2D eigenvalue weighted by atomic mass is 9.97. The van der Waals surface area contributed by atoms with Gasteiger partial charge < -0.3 is 10.1 Å². The van der Waals surface area contributed by atoms with Crippen molar-refractivity contribution < 1.29 is 17.9 Å². The molecule has 1 aliphatic rings. The van der Waals surface area contributed by atoms with Crippen LogP contribution < -0.4 is 10.1 Å². The molecule has 0 atom stereocenters. The van der Waals surface area contributed by atoms with Crippen LogP contribution in [0.3, 0.4) is 0 Å². The van der Waals surface area contributed by atoms with Crippen molar-refractivity contribution in [3.8, 4) is 5.75 Å². The lowest BCUT2D eigenvalue weighted by molar-refractivity contribution is -0.126. The summed E-state index contributed by atoms with van der Waals surface area (Å²) in [5.74, 6) is 0.832. The van der Waals surface area contributed by atoms with Crippen LogP contribution >= 0.6 is 0 Å². The first kappa shape index (κ1) is 21.7. The SMILES string of the molecule is COc1cc(C)c(C)cc1S(=O)(=O)N1CCC(C(=O)NCCC(C)C)CC1. The molecule has 0 unspecified atom stereocenters. The second-order valence-electron chi connectivity index (χ2n) is 7.74. The van der Waals surface area contributed by atoms with E-state index in [2.05, 4.69) is 19.2 Å². The van der Waals surface area contributed by atoms with E-state index in [0.717, 1.165) is 17.5 Å². The first-order valence-corrected chi connectivity index (χ1v) is 11.0. The topological polar surface area (TPSA) is 75.7 Å². The number of methoxy groups -OCH3 is 1. The number of nitrogens with zero attached hydrogens (tertiary/aromatic N) is 1. The Balaban J connectivity index is 2.05. The molecular weight excluding hydrogens is 364 g/mol. The Morgan fingerprint density at radius 1 is 1.22 bits per heavy atom. The summed E-state index contributed by atoms with van der Waals surface area (Å²) in [6, 6.07) is 3.44. The van der Waals surface area contributed by atoms with Crippen LogP contribution in [0.5, 0.6) is 5.75 Å². The number of carbonyl (C=O) groups is 1. The van der Waals surface area contributed by atoms with Gasteiger partial charge in [-0.05, 0) is 62.3 Å². The minimum atomic E-state index is -3.64. The number of hydrogen-bond donors (Lipinski definition) is 1. The van der Waals surface area contributed by atoms with Gasteiger partial charge in [0.15, 0.2) is 0 Å². The van der Waals surface area contributed by atoms with Crippen LogP contribution in [-0.4, -0.2) is 45.4 Å². The molecule has 1 aromatic carbocycles. The predicted octanol–water partition coefficient (Wildman–Crippen LogP) is 2.88. The maximum absolute atomic E-state index is 13.1. The minimum absolute atomic E-state index is 0.0384. The molecule has 0 bridgehead atoms. The van der Waals surface area contributed by atoms with Crippen LogP contribution in [0.4, 0.5) is 0 Å². The fourth-order valence-corrected chi connectivity index (χ4v) is 4.94. The second-order valence-corrected chi connectivity index (χ2v) is 9.65. The van der Waals surface area contributed by atoms with E-state index < -0.39 is 10.0 Å². The Bertz CT molecular complexity index is 766. The smallest absolute Gasteiger partial charge is 0.246 e. The quantitative estimate of drug-likeness (QED) is 0.769. The monoisotopic (exact) mass is 396 g/mol. The third kappa shape index (κ3) is 5.23. The highest BCUT2D eigenvalue weighted by molar-refractivity contribution is 7.89. The number of amides is 1. The molecule has 7 heteroatoms. The van der Waals surface area contributed by atoms with Gasteiger partial charge in [0.1, 0.15) is 10.6 Å². The van der Waals surface area contributed by atoms with Crippen molar-refractivity contribution in [2.45, 2.75) is 51.9 Å². The zero-order chi connectivity index (χ0) is 20.2. The minimum Gasteiger partial charge on any atom is -0.495 e. The molecule has 0 radical (unpaired) electrons. The number of ether oxygens (including phenoxy) is 1. The van der Waals surface area contributed by atoms with Crippen LogP contribution in [-0.2, 0) is 14.8 Å². The average Bonchev–Trinajstić information content (AvgIpc) is 2.63. The average molecular weight is 397 g/mol. The molecule has 0 spiro atoms. The van der Waals surface area contributed by atoms with Crippen molar-refractivity contribution in [2.75, 3.05) is 26.7 Å². The molecule has 1 aromatic rings. The lowest BCUT2D eigenvalue weighted by Gasteiger charge is -2.31. The molecule has 0 saturated carbocycles. The zero-order valence-corrected chi connectivity index (χ0v) is 17.9. The highest BCUT2D eigenvalue weighted by Crippen LogP contribution is 2.32. The Morgan fingerprint density at radius 2 is 1.81 bits per heavy atom. The predicted molar refractivity (Wildman–Crippen MR) is 106 cm³/mol. The van der Waals surface area contributed by atoms with Crippen LogP contribution in [0.15, 0.2) is 17.0 Å². The highest BCUT2D eigenvalue weighted by Gasteiger charge is 2.33. The number of sulfonamides is 1. The van der Waals surface area contributed by atoms with Gasteiger partial charge in [-0.1, -0.05) is 13.8 Å². The fraction of sp³-hybridized carbons (Fsp3) is 0.650. The van der Waals surface area contributed by atoms with Gasteiger partial charge in [0.25, 0.3) is 0 Å². The Morgan fingerprint density at radius 3 is 2.37 bits per heavy atom. The Kier molecular flexibility index (Phi) is 7.28. The summed E-state index contributed by atoms with van der Waals surface area (Å²) >= 11 is 0. The summed E-state index contributed by atoms with van der Waals surface area (Å²) in [5, 5.41) is 2.97. The fourth-order valence-electron chi connectivity index (χ4n) is 3.25. The number of rotatable bonds is 7. The number of nitrogens with one attached hydrogen (secondary N) is 1. The number of benzene rings is 1. The summed E-state index contributed by atoms with van der Waals surface area (Å²) in [4.78, 5) is 12.5. The van der Waals surface area contributed by atoms with Gasteiger partial charge >= 0.3 is 0 Å². The van der Waals surface area contributed by atoms with Crippen LogP contribution in [0.2, 0.25) is 0 Å². The molecule has 6 nitrogen and oxygen atoms in total. The number of hydrogen-bond acceptors (Lipinski definition) is 4. The van der Waals surface area contributed by atoms with Gasteiger partial charge in [0, 0.05) is 25.6 Å². The van der Waals surface area contributed by atoms with Crippen molar-refractivity contribution in [3.63, 3.8) is 0 Å². The van der Waals surface area contributed by atoms with E-state index in [4.69, 9.17) is 4.74 Å². The number of piperidine rings is 1. The first-order chi connectivity index (χ1) is 12.7. The van der Waals surface area contributed by atoms with Crippen molar-refractivity contribution in [2.24, 2.45) is 11.8 Å². The van der Waals surface area contributed by atoms with Gasteiger partial charge in [0.05, 0.1) is 7.11 Å². The third-order valence-electron chi connectivity index (χ3n) is 5.24. The maximum Gasteiger partial charge on any atom is 0.246 e. The molecule has 1 aliphatic heterocycles. The molecule has 1 saturated heterocycles. The lowest BCUT2D eigenvalue weighted by Crippen LogP contribution is -2.43. The molecule has 27 heavy (non-hydrogen) atoms. The summed E-state index contributed by atoms with van der Waals surface area (Å²) in [6.45, 7) is 9.43. The number of aryl methyl sites for hydroxylation is 2. The molecule has 0 aliphatic carbocycles. The van der Waals surface area contributed by atoms with E-state index in [0.29, 0.717) is 44.1 Å². The standard InChI is InChI=1S/C20H32N2O4S/c1-14(2)6-9-21-20(23)17-7-10-22(11-8-17)27(24,25)19-13-16(4)15(3)12-18(19)26-5/h12-14,17H,6-11H2,1-5H3,(H,21,23). The van der Waals surface area contributed by atoms with Crippen molar-refractivity contribution in [1.29, 1.82) is 0 Å². The molecular formula is C20H32N2O4S. The van der Waals surface area contributed by atoms with Crippen LogP contribution in [0.1, 0.15) is 44.2 Å². The highest BCUT2D eigenvalue weighted by atomic mass is 32.2. The molecule has 1 heterocycles. The van der Waals surface area contributed by atoms with Crippen molar-refractivity contribution in [3.05, 3.63) is 23.3 Å². The molecule has 2 rings (SSSR count). The normalized spacial score (nSPS) is 16.5. The summed E-state index contributed by atoms with van der Waals surface area (Å²) < 4.78 is 33.0. The van der Waals surface area contributed by atoms with E-state index >= 15 is 0 Å². The van der Waals surface area contributed by atoms with Gasteiger partial charge in [0.2, 0.25) is 15.9 Å². The zero-order valence-electron chi connectivity index (χ0n) is 17.0. The van der Waals surface area contributed by atoms with Crippen molar-refractivity contribution >= 4 is 15.9 Å². The molecule has 1 fully saturated rings. The summed E-state index contributed by atoms with van der Waals surface area (Å²) in [6.07, 6.45) is 2.03. The Hall–Kier alpha value is -1.60. The molecule has 1 amide bonds. The summed E-state index contributed by atoms with van der Waals surface area (Å²) in [5.41, 5.74) is 1.90. The van der Waals surface area contributed by atoms with Gasteiger partial charge in [-0.25, -0.2) is 8.42 Å². The van der Waals surface area contributed by atoms with Gasteiger partial charge in [-0.3, -0.25) is 4.79 Å².